The minimum absolute atomic E-state index is 0.0431. The Morgan fingerprint density at radius 3 is 2.27 bits per heavy atom. The van der Waals surface area contributed by atoms with Crippen LogP contribution in [0.2, 0.25) is 0 Å². The van der Waals surface area contributed by atoms with Crippen LogP contribution < -0.4 is 10.2 Å². The molecule has 0 radical (unpaired) electrons. The monoisotopic (exact) mass is 464 g/mol. The van der Waals surface area contributed by atoms with Gasteiger partial charge in [0.2, 0.25) is 17.5 Å². The molecule has 0 spiro atoms. The van der Waals surface area contributed by atoms with E-state index < -0.39 is 65.7 Å². The molecule has 176 valence electrons. The highest BCUT2D eigenvalue weighted by molar-refractivity contribution is 5.88. The van der Waals surface area contributed by atoms with Crippen LogP contribution >= 0.6 is 0 Å². The Kier molecular flexibility index (Phi) is 5.78. The quantitative estimate of drug-likeness (QED) is 0.229. The van der Waals surface area contributed by atoms with Crippen molar-refractivity contribution in [2.75, 3.05) is 6.61 Å². The molecule has 0 bridgehead atoms. The van der Waals surface area contributed by atoms with Crippen molar-refractivity contribution in [1.82, 2.24) is 0 Å². The predicted octanol–water partition coefficient (Wildman–Crippen LogP) is -0.539. The molecule has 2 heterocycles. The van der Waals surface area contributed by atoms with Gasteiger partial charge in [-0.3, -0.25) is 4.79 Å². The summed E-state index contributed by atoms with van der Waals surface area (Å²) < 4.78 is 16.3. The van der Waals surface area contributed by atoms with Gasteiger partial charge in [0.15, 0.2) is 17.3 Å². The summed E-state index contributed by atoms with van der Waals surface area (Å²) in [5.74, 6) is -3.02. The van der Waals surface area contributed by atoms with Crippen LogP contribution in [0.3, 0.4) is 0 Å². The van der Waals surface area contributed by atoms with Gasteiger partial charge < -0.3 is 54.7 Å². The molecule has 33 heavy (non-hydrogen) atoms. The van der Waals surface area contributed by atoms with Crippen LogP contribution in [-0.2, 0) is 4.74 Å². The van der Waals surface area contributed by atoms with Crippen LogP contribution in [0.5, 0.6) is 28.7 Å². The summed E-state index contributed by atoms with van der Waals surface area (Å²) in [6.07, 6.45) is -7.80. The van der Waals surface area contributed by atoms with Gasteiger partial charge in [0.1, 0.15) is 46.9 Å². The maximum atomic E-state index is 12.6. The molecule has 1 aliphatic rings. The van der Waals surface area contributed by atoms with Crippen molar-refractivity contribution in [2.24, 2.45) is 0 Å². The third kappa shape index (κ3) is 3.90. The summed E-state index contributed by atoms with van der Waals surface area (Å²) in [7, 11) is 0. The lowest BCUT2D eigenvalue weighted by molar-refractivity contribution is -0.277. The Hall–Kier alpha value is -3.55. The maximum Gasteiger partial charge on any atom is 0.238 e. The molecule has 12 nitrogen and oxygen atoms in total. The highest BCUT2D eigenvalue weighted by Gasteiger charge is 2.44. The first-order valence-electron chi connectivity index (χ1n) is 9.64. The van der Waals surface area contributed by atoms with E-state index in [1.165, 1.54) is 6.07 Å². The molecule has 1 aliphatic heterocycles. The van der Waals surface area contributed by atoms with Crippen molar-refractivity contribution in [1.29, 1.82) is 0 Å². The smallest absolute Gasteiger partial charge is 0.238 e. The fraction of sp³-hybridized carbons (Fsp3) is 0.286. The zero-order valence-electron chi connectivity index (χ0n) is 16.7. The van der Waals surface area contributed by atoms with Gasteiger partial charge in [-0.15, -0.1) is 0 Å². The largest absolute Gasteiger partial charge is 0.507 e. The molecule has 0 aliphatic carbocycles. The van der Waals surface area contributed by atoms with E-state index in [1.54, 1.807) is 0 Å². The Morgan fingerprint density at radius 1 is 0.879 bits per heavy atom. The molecule has 12 heteroatoms. The number of phenols is 3. The fourth-order valence-corrected chi connectivity index (χ4v) is 3.49. The molecule has 0 unspecified atom stereocenters. The normalized spacial score (nSPS) is 25.3. The van der Waals surface area contributed by atoms with Crippen LogP contribution in [0, 0.1) is 0 Å². The van der Waals surface area contributed by atoms with Crippen molar-refractivity contribution < 1.29 is 54.7 Å². The number of hydrogen-bond acceptors (Lipinski definition) is 12. The van der Waals surface area contributed by atoms with Gasteiger partial charge >= 0.3 is 0 Å². The minimum atomic E-state index is -1.72. The second-order valence-electron chi connectivity index (χ2n) is 7.44. The van der Waals surface area contributed by atoms with Crippen molar-refractivity contribution in [2.45, 2.75) is 30.7 Å². The van der Waals surface area contributed by atoms with Crippen LogP contribution in [0.1, 0.15) is 0 Å². The molecule has 4 rings (SSSR count). The topological polar surface area (TPSA) is 211 Å². The van der Waals surface area contributed by atoms with E-state index in [1.807, 2.05) is 0 Å². The molecular weight excluding hydrogens is 444 g/mol. The minimum Gasteiger partial charge on any atom is -0.507 e. The molecule has 0 saturated carbocycles. The molecule has 8 N–H and O–H groups in total. The number of phenolic OH excluding ortho intramolecular Hbond substituents is 3. The van der Waals surface area contributed by atoms with Crippen molar-refractivity contribution in [3.05, 3.63) is 40.6 Å². The third-order valence-corrected chi connectivity index (χ3v) is 5.26. The third-order valence-electron chi connectivity index (χ3n) is 5.26. The molecule has 3 aromatic rings. The Balaban J connectivity index is 1.76. The average Bonchev–Trinajstić information content (AvgIpc) is 2.78. The van der Waals surface area contributed by atoms with Crippen molar-refractivity contribution >= 4 is 11.0 Å². The summed E-state index contributed by atoms with van der Waals surface area (Å²) >= 11 is 0. The molecular formula is C21H20O12. The summed E-state index contributed by atoms with van der Waals surface area (Å²) in [4.78, 5) is 12.6. The van der Waals surface area contributed by atoms with Crippen molar-refractivity contribution in [3.63, 3.8) is 0 Å². The second kappa shape index (κ2) is 8.42. The van der Waals surface area contributed by atoms with Gasteiger partial charge in [-0.05, 0) is 18.2 Å². The summed E-state index contributed by atoms with van der Waals surface area (Å²) in [5.41, 5.74) is -1.20. The maximum absolute atomic E-state index is 12.6. The zero-order chi connectivity index (χ0) is 24.0. The zero-order valence-corrected chi connectivity index (χ0v) is 16.7. The molecule has 2 aromatic carbocycles. The molecule has 0 amide bonds. The number of fused-ring (bicyclic) bond motifs is 1. The standard InChI is InChI=1S/C21H20O12/c22-6-13-15(26)17(28)19(30)21(33-13)31-8-4-11(25)14-12(5-8)32-20(18(29)16(14)27)7-1-2-9(23)10(24)3-7/h1-5,13,15,17,19,21-26,28-30H,6H2/t13-,15-,17+,19-,21-/m1/s1. The lowest BCUT2D eigenvalue weighted by Crippen LogP contribution is -2.60. The van der Waals surface area contributed by atoms with E-state index in [9.17, 15) is 45.6 Å². The predicted molar refractivity (Wildman–Crippen MR) is 109 cm³/mol. The van der Waals surface area contributed by atoms with Gasteiger partial charge in [-0.25, -0.2) is 0 Å². The number of rotatable bonds is 4. The van der Waals surface area contributed by atoms with Gasteiger partial charge in [0.25, 0.3) is 0 Å². The lowest BCUT2D eigenvalue weighted by Gasteiger charge is -2.39. The van der Waals surface area contributed by atoms with Gasteiger partial charge in [0.05, 0.1) is 6.61 Å². The van der Waals surface area contributed by atoms with Gasteiger partial charge in [-0.1, -0.05) is 0 Å². The van der Waals surface area contributed by atoms with E-state index in [4.69, 9.17) is 13.9 Å². The number of aliphatic hydroxyl groups excluding tert-OH is 4. The fourth-order valence-electron chi connectivity index (χ4n) is 3.49. The highest BCUT2D eigenvalue weighted by atomic mass is 16.7. The Labute approximate surface area is 184 Å². The summed E-state index contributed by atoms with van der Waals surface area (Å²) in [6, 6.07) is 5.55. The van der Waals surface area contributed by atoms with E-state index >= 15 is 0 Å². The first-order valence-corrected chi connectivity index (χ1v) is 9.64. The first-order chi connectivity index (χ1) is 15.6. The summed E-state index contributed by atoms with van der Waals surface area (Å²) in [6.45, 7) is -0.676. The summed E-state index contributed by atoms with van der Waals surface area (Å²) in [5, 5.41) is 78.6. The van der Waals surface area contributed by atoms with E-state index in [0.717, 1.165) is 24.3 Å². The second-order valence-corrected chi connectivity index (χ2v) is 7.44. The Bertz CT molecular complexity index is 1250. The SMILES string of the molecule is O=c1c(O)c(-c2ccc(O)c(O)c2)oc2cc(O[C@@H]3O[C@H](CO)[C@@H](O)[C@H](O)[C@H]3O)cc(O)c12. The van der Waals surface area contributed by atoms with E-state index in [0.29, 0.717) is 0 Å². The van der Waals surface area contributed by atoms with Gasteiger partial charge in [-0.2, -0.15) is 0 Å². The first kappa shape index (κ1) is 22.6. The number of aliphatic hydroxyl groups is 4. The molecule has 1 fully saturated rings. The molecule has 1 aromatic heterocycles. The van der Waals surface area contributed by atoms with Crippen LogP contribution in [0.15, 0.2) is 39.5 Å². The van der Waals surface area contributed by atoms with E-state index in [2.05, 4.69) is 0 Å². The molecule has 1 saturated heterocycles. The van der Waals surface area contributed by atoms with Crippen LogP contribution in [-0.4, -0.2) is 78.2 Å². The lowest BCUT2D eigenvalue weighted by atomic mass is 9.99. The Morgan fingerprint density at radius 2 is 1.61 bits per heavy atom. The van der Waals surface area contributed by atoms with Gasteiger partial charge in [0, 0.05) is 17.7 Å². The number of aromatic hydroxyl groups is 4. The van der Waals surface area contributed by atoms with E-state index in [-0.39, 0.29) is 28.0 Å². The number of hydrogen-bond donors (Lipinski definition) is 8. The number of benzene rings is 2. The van der Waals surface area contributed by atoms with Crippen LogP contribution in [0.4, 0.5) is 0 Å². The molecule has 5 atom stereocenters. The highest BCUT2D eigenvalue weighted by Crippen LogP contribution is 2.38. The number of ether oxygens (including phenoxy) is 2. The van der Waals surface area contributed by atoms with Crippen molar-refractivity contribution in [3.8, 4) is 40.1 Å². The van der Waals surface area contributed by atoms with Crippen LogP contribution in [0.25, 0.3) is 22.3 Å². The average molecular weight is 464 g/mol.